The van der Waals surface area contributed by atoms with Gasteiger partial charge in [-0.1, -0.05) is 41.4 Å². The van der Waals surface area contributed by atoms with E-state index in [1.807, 2.05) is 48.5 Å². The summed E-state index contributed by atoms with van der Waals surface area (Å²) in [7, 11) is 0. The maximum Gasteiger partial charge on any atom is 0.261 e. The van der Waals surface area contributed by atoms with Crippen LogP contribution in [0.2, 0.25) is 0 Å². The van der Waals surface area contributed by atoms with E-state index in [2.05, 4.69) is 50.8 Å². The van der Waals surface area contributed by atoms with Crippen LogP contribution in [0.1, 0.15) is 32.3 Å². The fraction of sp³-hybridized carbons (Fsp3) is 0.364. The number of nitrogens with one attached hydrogen (secondary N) is 1. The predicted molar refractivity (Wildman–Crippen MR) is 127 cm³/mol. The Morgan fingerprint density at radius 2 is 1.79 bits per heavy atom. The molecule has 2 rings (SSSR count). The maximum atomic E-state index is 12.9. The summed E-state index contributed by atoms with van der Waals surface area (Å²) in [5.41, 5.74) is 0.948. The first-order valence-electron chi connectivity index (χ1n) is 9.60. The smallest absolute Gasteiger partial charge is 0.261 e. The number of carbonyl (C=O) groups excluding carboxylic acids is 2. The van der Waals surface area contributed by atoms with Gasteiger partial charge in [0.05, 0.1) is 0 Å². The van der Waals surface area contributed by atoms with Gasteiger partial charge in [0.25, 0.3) is 5.91 Å². The highest BCUT2D eigenvalue weighted by Gasteiger charge is 2.26. The molecule has 0 aliphatic heterocycles. The molecular weight excluding hydrogens is 547 g/mol. The first-order valence-corrected chi connectivity index (χ1v) is 11.5. The van der Waals surface area contributed by atoms with Gasteiger partial charge in [-0.25, -0.2) is 0 Å². The van der Waals surface area contributed by atoms with Gasteiger partial charge in [0, 0.05) is 21.1 Å². The zero-order valence-corrected chi connectivity index (χ0v) is 20.4. The fourth-order valence-corrected chi connectivity index (χ4v) is 3.29. The van der Waals surface area contributed by atoms with Gasteiger partial charge in [-0.3, -0.25) is 9.59 Å². The molecule has 0 aromatic heterocycles. The topological polar surface area (TPSA) is 58.6 Å². The third kappa shape index (κ3) is 7.97. The summed E-state index contributed by atoms with van der Waals surface area (Å²) >= 11 is 5.63. The molecule has 0 spiro atoms. The molecule has 2 aromatic rings. The van der Waals surface area contributed by atoms with Gasteiger partial charge in [-0.05, 0) is 77.9 Å². The van der Waals surface area contributed by atoms with Crippen LogP contribution in [0.4, 0.5) is 0 Å². The Kier molecular flexibility index (Phi) is 9.93. The Hall–Kier alpha value is -1.61. The average Bonchev–Trinajstić information content (AvgIpc) is 2.72. The number of benzene rings is 2. The van der Waals surface area contributed by atoms with Gasteiger partial charge in [0.15, 0.2) is 6.61 Å². The van der Waals surface area contributed by atoms with E-state index in [0.717, 1.165) is 26.4 Å². The lowest BCUT2D eigenvalue weighted by molar-refractivity contribution is -0.142. The molecule has 2 amide bonds. The summed E-state index contributed by atoms with van der Waals surface area (Å²) in [5, 5.41) is 2.91. The molecule has 0 fully saturated rings. The number of nitrogens with zero attached hydrogens (tertiary/aromatic N) is 1. The van der Waals surface area contributed by atoms with Crippen molar-refractivity contribution in [2.24, 2.45) is 0 Å². The molecule has 1 atom stereocenters. The zero-order chi connectivity index (χ0) is 21.2. The standard InChI is InChI=1S/C22H26BrIN2O3/c1-3-4-13-25-22(28)16(2)26(14-17-5-7-18(23)8-6-17)21(27)15-29-20-11-9-19(24)10-12-20/h5-12,16H,3-4,13-15H2,1-2H3,(H,25,28)/t16-/m1/s1. The Morgan fingerprint density at radius 3 is 2.41 bits per heavy atom. The zero-order valence-electron chi connectivity index (χ0n) is 16.7. The van der Waals surface area contributed by atoms with Crippen molar-refractivity contribution < 1.29 is 14.3 Å². The van der Waals surface area contributed by atoms with Crippen LogP contribution in [0.15, 0.2) is 53.0 Å². The summed E-state index contributed by atoms with van der Waals surface area (Å²) < 4.78 is 7.71. The van der Waals surface area contributed by atoms with Crippen molar-refractivity contribution in [1.29, 1.82) is 0 Å². The van der Waals surface area contributed by atoms with Crippen molar-refractivity contribution >= 4 is 50.3 Å². The lowest BCUT2D eigenvalue weighted by atomic mass is 10.1. The van der Waals surface area contributed by atoms with Crippen molar-refractivity contribution in [2.75, 3.05) is 13.2 Å². The molecule has 156 valence electrons. The highest BCUT2D eigenvalue weighted by Crippen LogP contribution is 2.16. The van der Waals surface area contributed by atoms with E-state index in [1.165, 1.54) is 0 Å². The molecule has 0 unspecified atom stereocenters. The van der Waals surface area contributed by atoms with Gasteiger partial charge in [-0.15, -0.1) is 0 Å². The highest BCUT2D eigenvalue weighted by atomic mass is 127. The molecule has 2 aromatic carbocycles. The Bertz CT molecular complexity index is 797. The highest BCUT2D eigenvalue weighted by molar-refractivity contribution is 14.1. The van der Waals surface area contributed by atoms with E-state index in [4.69, 9.17) is 4.74 Å². The number of halogens is 2. The Morgan fingerprint density at radius 1 is 1.14 bits per heavy atom. The summed E-state index contributed by atoms with van der Waals surface area (Å²) in [6.45, 7) is 4.65. The normalized spacial score (nSPS) is 11.6. The molecule has 1 N–H and O–H groups in total. The molecule has 5 nitrogen and oxygen atoms in total. The van der Waals surface area contributed by atoms with Gasteiger partial charge in [0.1, 0.15) is 11.8 Å². The third-order valence-electron chi connectivity index (χ3n) is 4.44. The Labute approximate surface area is 194 Å². The third-order valence-corrected chi connectivity index (χ3v) is 5.69. The molecule has 7 heteroatoms. The van der Waals surface area contributed by atoms with Gasteiger partial charge < -0.3 is 15.0 Å². The van der Waals surface area contributed by atoms with E-state index in [-0.39, 0.29) is 18.4 Å². The number of amides is 2. The van der Waals surface area contributed by atoms with E-state index in [0.29, 0.717) is 18.8 Å². The lowest BCUT2D eigenvalue weighted by Gasteiger charge is -2.28. The van der Waals surface area contributed by atoms with Gasteiger partial charge in [0.2, 0.25) is 5.91 Å². The maximum absolute atomic E-state index is 12.9. The number of ether oxygens (including phenoxy) is 1. The summed E-state index contributed by atoms with van der Waals surface area (Å²) in [6.07, 6.45) is 1.91. The number of rotatable bonds is 10. The minimum absolute atomic E-state index is 0.121. The molecular formula is C22H26BrIN2O3. The van der Waals surface area contributed by atoms with Gasteiger partial charge >= 0.3 is 0 Å². The molecule has 0 radical (unpaired) electrons. The van der Waals surface area contributed by atoms with Crippen LogP contribution >= 0.6 is 38.5 Å². The predicted octanol–water partition coefficient (Wildman–Crippen LogP) is 4.77. The number of unbranched alkanes of at least 4 members (excludes halogenated alkanes) is 1. The summed E-state index contributed by atoms with van der Waals surface area (Å²) in [5.74, 6) is 0.241. The second-order valence-corrected chi connectivity index (χ2v) is 8.87. The number of carbonyl (C=O) groups is 2. The van der Waals surface area contributed by atoms with Crippen LogP contribution in [0.3, 0.4) is 0 Å². The first kappa shape index (κ1) is 23.7. The average molecular weight is 573 g/mol. The van der Waals surface area contributed by atoms with Crippen LogP contribution in [-0.2, 0) is 16.1 Å². The second-order valence-electron chi connectivity index (χ2n) is 6.71. The molecule has 0 aliphatic rings. The van der Waals surface area contributed by atoms with Gasteiger partial charge in [-0.2, -0.15) is 0 Å². The minimum Gasteiger partial charge on any atom is -0.484 e. The van der Waals surface area contributed by atoms with Crippen LogP contribution < -0.4 is 10.1 Å². The van der Waals surface area contributed by atoms with Crippen molar-refractivity contribution in [3.05, 3.63) is 62.1 Å². The monoisotopic (exact) mass is 572 g/mol. The van der Waals surface area contributed by atoms with Crippen LogP contribution in [-0.4, -0.2) is 35.9 Å². The number of hydrogen-bond donors (Lipinski definition) is 1. The number of hydrogen-bond acceptors (Lipinski definition) is 3. The van der Waals surface area contributed by atoms with Crippen molar-refractivity contribution in [2.45, 2.75) is 39.3 Å². The van der Waals surface area contributed by atoms with E-state index < -0.39 is 6.04 Å². The molecule has 0 heterocycles. The van der Waals surface area contributed by atoms with Crippen molar-refractivity contribution in [1.82, 2.24) is 10.2 Å². The molecule has 0 saturated heterocycles. The van der Waals surface area contributed by atoms with E-state index >= 15 is 0 Å². The minimum atomic E-state index is -0.594. The van der Waals surface area contributed by atoms with Crippen molar-refractivity contribution in [3.8, 4) is 5.75 Å². The molecule has 0 saturated carbocycles. The van der Waals surface area contributed by atoms with Crippen LogP contribution in [0, 0.1) is 3.57 Å². The second kappa shape index (κ2) is 12.2. The Balaban J connectivity index is 2.08. The molecule has 0 bridgehead atoms. The quantitative estimate of drug-likeness (QED) is 0.330. The largest absolute Gasteiger partial charge is 0.484 e. The fourth-order valence-electron chi connectivity index (χ4n) is 2.66. The van der Waals surface area contributed by atoms with Crippen LogP contribution in [0.25, 0.3) is 0 Å². The summed E-state index contributed by atoms with van der Waals surface area (Å²) in [4.78, 5) is 27.1. The van der Waals surface area contributed by atoms with Crippen molar-refractivity contribution in [3.63, 3.8) is 0 Å². The first-order chi connectivity index (χ1) is 13.9. The molecule has 0 aliphatic carbocycles. The summed E-state index contributed by atoms with van der Waals surface area (Å²) in [6, 6.07) is 14.6. The SMILES string of the molecule is CCCCNC(=O)[C@@H](C)N(Cc1ccc(Br)cc1)C(=O)COc1ccc(I)cc1. The van der Waals surface area contributed by atoms with E-state index in [1.54, 1.807) is 11.8 Å². The molecule has 29 heavy (non-hydrogen) atoms. The van der Waals surface area contributed by atoms with E-state index in [9.17, 15) is 9.59 Å². The lowest BCUT2D eigenvalue weighted by Crippen LogP contribution is -2.49. The van der Waals surface area contributed by atoms with Crippen LogP contribution in [0.5, 0.6) is 5.75 Å².